The van der Waals surface area contributed by atoms with E-state index in [9.17, 15) is 14.0 Å². The van der Waals surface area contributed by atoms with Crippen molar-refractivity contribution in [2.24, 2.45) is 10.9 Å². The number of nitrogens with zero attached hydrogens (tertiary/aromatic N) is 4. The van der Waals surface area contributed by atoms with E-state index in [1.54, 1.807) is 33.7 Å². The third-order valence-electron chi connectivity index (χ3n) is 4.74. The summed E-state index contributed by atoms with van der Waals surface area (Å²) in [6, 6.07) is 9.41. The monoisotopic (exact) mass is 395 g/mol. The Kier molecular flexibility index (Phi) is 4.71. The minimum atomic E-state index is -0.569. The van der Waals surface area contributed by atoms with Crippen LogP contribution in [0.5, 0.6) is 5.75 Å². The zero-order chi connectivity index (χ0) is 20.5. The topological polar surface area (TPSA) is 103 Å². The Bertz CT molecular complexity index is 1190. The Morgan fingerprint density at radius 3 is 2.72 bits per heavy atom. The van der Waals surface area contributed by atoms with Gasteiger partial charge in [-0.2, -0.15) is 5.10 Å². The first kappa shape index (κ1) is 18.6. The minimum absolute atomic E-state index is 0.0781. The number of hydrogen-bond acceptors (Lipinski definition) is 6. The van der Waals surface area contributed by atoms with E-state index in [4.69, 9.17) is 10.6 Å². The summed E-state index contributed by atoms with van der Waals surface area (Å²) in [5, 5.41) is 4.43. The summed E-state index contributed by atoms with van der Waals surface area (Å²) in [5.41, 5.74) is 1.65. The van der Waals surface area contributed by atoms with Crippen LogP contribution in [0, 0.1) is 5.82 Å². The van der Waals surface area contributed by atoms with Gasteiger partial charge in [-0.1, -0.05) is 12.1 Å². The third kappa shape index (κ3) is 3.31. The number of nitrogens with two attached hydrogens (primary N) is 1. The number of halogens is 1. The lowest BCUT2D eigenvalue weighted by atomic mass is 10.1. The van der Waals surface area contributed by atoms with Crippen LogP contribution in [-0.4, -0.2) is 32.9 Å². The lowest BCUT2D eigenvalue weighted by molar-refractivity contribution is -0.131. The quantitative estimate of drug-likeness (QED) is 0.412. The highest BCUT2D eigenvalue weighted by Gasteiger charge is 2.31. The average Bonchev–Trinajstić information content (AvgIpc) is 2.71. The van der Waals surface area contributed by atoms with Gasteiger partial charge in [0.2, 0.25) is 0 Å². The number of hydrogen-bond donors (Lipinski definition) is 1. The molecule has 1 aliphatic rings. The van der Waals surface area contributed by atoms with Crippen molar-refractivity contribution in [1.82, 2.24) is 14.5 Å². The van der Waals surface area contributed by atoms with Crippen LogP contribution in [0.4, 0.5) is 4.39 Å². The Morgan fingerprint density at radius 2 is 2.03 bits per heavy atom. The number of pyridine rings is 2. The molecule has 3 aromatic rings. The molecule has 9 heteroatoms. The summed E-state index contributed by atoms with van der Waals surface area (Å²) in [5.74, 6) is 4.43. The highest BCUT2D eigenvalue weighted by molar-refractivity contribution is 6.02. The van der Waals surface area contributed by atoms with E-state index in [0.717, 1.165) is 5.56 Å². The van der Waals surface area contributed by atoms with Crippen molar-refractivity contribution < 1.29 is 18.7 Å². The van der Waals surface area contributed by atoms with Crippen molar-refractivity contribution >= 4 is 22.8 Å². The van der Waals surface area contributed by atoms with Gasteiger partial charge in [0.1, 0.15) is 11.3 Å². The van der Waals surface area contributed by atoms with Crippen LogP contribution in [0.3, 0.4) is 0 Å². The molecule has 1 amide bonds. The second-order valence-electron chi connectivity index (χ2n) is 6.63. The summed E-state index contributed by atoms with van der Waals surface area (Å²) in [6.07, 6.45) is 1.54. The van der Waals surface area contributed by atoms with E-state index < -0.39 is 5.97 Å². The van der Waals surface area contributed by atoms with E-state index in [0.29, 0.717) is 29.5 Å². The van der Waals surface area contributed by atoms with E-state index in [1.807, 2.05) is 0 Å². The number of esters is 1. The molecule has 0 radical (unpaired) electrons. The molecule has 0 aliphatic carbocycles. The third-order valence-corrected chi connectivity index (χ3v) is 4.74. The van der Waals surface area contributed by atoms with Gasteiger partial charge in [0.15, 0.2) is 16.9 Å². The zero-order valence-electron chi connectivity index (χ0n) is 15.6. The van der Waals surface area contributed by atoms with E-state index in [-0.39, 0.29) is 29.7 Å². The fraction of sp³-hybridized carbons (Fsp3) is 0.200. The van der Waals surface area contributed by atoms with Crippen LogP contribution in [-0.2, 0) is 17.9 Å². The van der Waals surface area contributed by atoms with Gasteiger partial charge in [0.25, 0.3) is 5.91 Å². The van der Waals surface area contributed by atoms with Gasteiger partial charge in [0, 0.05) is 38.1 Å². The summed E-state index contributed by atoms with van der Waals surface area (Å²) in [6.45, 7) is 2.34. The standard InChI is InChI=1S/C20H18FN5O3/c1-12(27)29-18-16-15(3-2-8-23-16)19(24-22)26-10-9-25(20(28)17(18)26)11-13-4-6-14(21)7-5-13/h2-8H,9-11,22H2,1H3/b24-19+. The number of amides is 1. The average molecular weight is 395 g/mol. The first-order chi connectivity index (χ1) is 14.0. The highest BCUT2D eigenvalue weighted by atomic mass is 19.1. The van der Waals surface area contributed by atoms with Crippen molar-refractivity contribution in [3.8, 4) is 5.75 Å². The summed E-state index contributed by atoms with van der Waals surface area (Å²) in [7, 11) is 0. The molecule has 1 aliphatic heterocycles. The van der Waals surface area contributed by atoms with Crippen LogP contribution in [0.15, 0.2) is 47.7 Å². The normalized spacial score (nSPS) is 14.2. The zero-order valence-corrected chi connectivity index (χ0v) is 15.6. The predicted octanol–water partition coefficient (Wildman–Crippen LogP) is 1.53. The van der Waals surface area contributed by atoms with Gasteiger partial charge in [-0.3, -0.25) is 14.6 Å². The first-order valence-corrected chi connectivity index (χ1v) is 8.97. The van der Waals surface area contributed by atoms with Crippen molar-refractivity contribution in [3.63, 3.8) is 0 Å². The Balaban J connectivity index is 1.87. The molecule has 2 aromatic heterocycles. The van der Waals surface area contributed by atoms with Gasteiger partial charge >= 0.3 is 5.97 Å². The number of rotatable bonds is 3. The molecule has 8 nitrogen and oxygen atoms in total. The van der Waals surface area contributed by atoms with Crippen molar-refractivity contribution in [2.45, 2.75) is 20.0 Å². The number of fused-ring (bicyclic) bond motifs is 2. The van der Waals surface area contributed by atoms with Gasteiger partial charge in [-0.15, -0.1) is 0 Å². The predicted molar refractivity (Wildman–Crippen MR) is 102 cm³/mol. The van der Waals surface area contributed by atoms with Gasteiger partial charge in [-0.05, 0) is 29.8 Å². The molecule has 3 heterocycles. The molecule has 0 atom stereocenters. The molecule has 0 fully saturated rings. The molecule has 0 spiro atoms. The second-order valence-corrected chi connectivity index (χ2v) is 6.63. The van der Waals surface area contributed by atoms with Gasteiger partial charge < -0.3 is 20.0 Å². The van der Waals surface area contributed by atoms with Crippen LogP contribution in [0.1, 0.15) is 23.0 Å². The van der Waals surface area contributed by atoms with Gasteiger partial charge in [-0.25, -0.2) is 4.39 Å². The van der Waals surface area contributed by atoms with E-state index >= 15 is 0 Å². The fourth-order valence-corrected chi connectivity index (χ4v) is 3.50. The Hall–Kier alpha value is -3.75. The maximum absolute atomic E-state index is 13.3. The lowest BCUT2D eigenvalue weighted by Crippen LogP contribution is -2.45. The largest absolute Gasteiger partial charge is 0.422 e. The van der Waals surface area contributed by atoms with Crippen LogP contribution >= 0.6 is 0 Å². The van der Waals surface area contributed by atoms with Crippen LogP contribution < -0.4 is 16.1 Å². The number of aromatic nitrogens is 2. The summed E-state index contributed by atoms with van der Waals surface area (Å²) >= 11 is 0. The Labute approximate surface area is 165 Å². The molecule has 4 rings (SSSR count). The second kappa shape index (κ2) is 7.34. The summed E-state index contributed by atoms with van der Waals surface area (Å²) in [4.78, 5) is 31.0. The number of benzene rings is 1. The molecule has 29 heavy (non-hydrogen) atoms. The molecule has 0 saturated carbocycles. The molecule has 1 aromatic carbocycles. The molecule has 0 unspecified atom stereocenters. The van der Waals surface area contributed by atoms with Crippen LogP contribution in [0.25, 0.3) is 10.9 Å². The maximum atomic E-state index is 13.3. The Morgan fingerprint density at radius 1 is 1.28 bits per heavy atom. The lowest BCUT2D eigenvalue weighted by Gasteiger charge is -2.31. The first-order valence-electron chi connectivity index (χ1n) is 8.97. The molecule has 0 bridgehead atoms. The SMILES string of the molecule is CC(=O)Oc1c2n(/c(=N/N)c3cccnc13)CCN(Cc1ccc(F)cc1)C2=O. The molecular weight excluding hydrogens is 377 g/mol. The van der Waals surface area contributed by atoms with Crippen molar-refractivity contribution in [2.75, 3.05) is 6.54 Å². The molecule has 0 saturated heterocycles. The maximum Gasteiger partial charge on any atom is 0.308 e. The highest BCUT2D eigenvalue weighted by Crippen LogP contribution is 2.30. The summed E-state index contributed by atoms with van der Waals surface area (Å²) < 4.78 is 20.2. The van der Waals surface area contributed by atoms with Crippen molar-refractivity contribution in [1.29, 1.82) is 0 Å². The molecule has 148 valence electrons. The fourth-order valence-electron chi connectivity index (χ4n) is 3.50. The molecule has 2 N–H and O–H groups in total. The number of carbonyl (C=O) groups is 2. The smallest absolute Gasteiger partial charge is 0.308 e. The van der Waals surface area contributed by atoms with E-state index in [2.05, 4.69) is 10.1 Å². The molecular formula is C20H18FN5O3. The van der Waals surface area contributed by atoms with Crippen molar-refractivity contribution in [3.05, 3.63) is 65.2 Å². The van der Waals surface area contributed by atoms with E-state index in [1.165, 1.54) is 25.3 Å². The number of carbonyl (C=O) groups excluding carboxylic acids is 2. The van der Waals surface area contributed by atoms with Gasteiger partial charge in [0.05, 0.1) is 0 Å². The minimum Gasteiger partial charge on any atom is -0.422 e. The van der Waals surface area contributed by atoms with Crippen LogP contribution in [0.2, 0.25) is 0 Å². The number of ether oxygens (including phenoxy) is 1.